The number of hydrogen-bond acceptors (Lipinski definition) is 4. The molecule has 0 saturated carbocycles. The van der Waals surface area contributed by atoms with Gasteiger partial charge in [0.15, 0.2) is 0 Å². The van der Waals surface area contributed by atoms with Crippen molar-refractivity contribution in [3.63, 3.8) is 0 Å². The van der Waals surface area contributed by atoms with Gasteiger partial charge < -0.3 is 14.8 Å². The molecule has 1 heterocycles. The first kappa shape index (κ1) is 16.6. The van der Waals surface area contributed by atoms with E-state index in [0.717, 1.165) is 5.56 Å². The summed E-state index contributed by atoms with van der Waals surface area (Å²) in [6.45, 7) is 0.641. The topological polar surface area (TPSA) is 65.4 Å². The predicted octanol–water partition coefficient (Wildman–Crippen LogP) is 3.20. The second-order valence-electron chi connectivity index (χ2n) is 5.43. The highest BCUT2D eigenvalue weighted by molar-refractivity contribution is 6.06. The fraction of sp³-hybridized carbons (Fsp3) is 0.158. The lowest BCUT2D eigenvalue weighted by atomic mass is 10.1. The fourth-order valence-corrected chi connectivity index (χ4v) is 2.47. The zero-order valence-corrected chi connectivity index (χ0v) is 14.1. The van der Waals surface area contributed by atoms with Crippen molar-refractivity contribution >= 4 is 11.6 Å². The molecule has 0 atom stereocenters. The van der Waals surface area contributed by atoms with Gasteiger partial charge in [0.25, 0.3) is 5.91 Å². The Balaban J connectivity index is 1.71. The second kappa shape index (κ2) is 7.53. The molecule has 2 aromatic carbocycles. The van der Waals surface area contributed by atoms with Crippen LogP contribution in [-0.4, -0.2) is 29.9 Å². The molecule has 3 aromatic rings. The summed E-state index contributed by atoms with van der Waals surface area (Å²) in [5.74, 6) is 0.816. The van der Waals surface area contributed by atoms with E-state index in [4.69, 9.17) is 9.47 Å². The van der Waals surface area contributed by atoms with Crippen LogP contribution in [0.5, 0.6) is 11.5 Å². The Kier molecular flexibility index (Phi) is 4.99. The van der Waals surface area contributed by atoms with Crippen LogP contribution in [0, 0.1) is 0 Å². The molecule has 25 heavy (non-hydrogen) atoms. The molecule has 0 unspecified atom stereocenters. The third-order valence-corrected chi connectivity index (χ3v) is 3.73. The van der Waals surface area contributed by atoms with Gasteiger partial charge in [-0.25, -0.2) is 0 Å². The van der Waals surface area contributed by atoms with Gasteiger partial charge in [-0.2, -0.15) is 5.10 Å². The first-order valence-corrected chi connectivity index (χ1v) is 7.79. The maximum absolute atomic E-state index is 12.5. The number of hydrogen-bond donors (Lipinski definition) is 1. The van der Waals surface area contributed by atoms with E-state index < -0.39 is 0 Å². The Labute approximate surface area is 146 Å². The number of methoxy groups -OCH3 is 2. The van der Waals surface area contributed by atoms with Crippen LogP contribution >= 0.6 is 0 Å². The summed E-state index contributed by atoms with van der Waals surface area (Å²) in [4.78, 5) is 12.5. The van der Waals surface area contributed by atoms with Gasteiger partial charge in [0.1, 0.15) is 11.5 Å². The fourth-order valence-electron chi connectivity index (χ4n) is 2.47. The Bertz CT molecular complexity index is 859. The van der Waals surface area contributed by atoms with E-state index in [0.29, 0.717) is 29.3 Å². The van der Waals surface area contributed by atoms with Crippen molar-refractivity contribution in [2.24, 2.45) is 0 Å². The van der Waals surface area contributed by atoms with Crippen LogP contribution in [0.3, 0.4) is 0 Å². The van der Waals surface area contributed by atoms with E-state index in [9.17, 15) is 4.79 Å². The molecular formula is C19H19N3O3. The number of nitrogens with zero attached hydrogens (tertiary/aromatic N) is 2. The van der Waals surface area contributed by atoms with E-state index in [2.05, 4.69) is 10.4 Å². The van der Waals surface area contributed by atoms with Gasteiger partial charge >= 0.3 is 0 Å². The third-order valence-electron chi connectivity index (χ3n) is 3.73. The van der Waals surface area contributed by atoms with Gasteiger partial charge in [-0.3, -0.25) is 9.48 Å². The van der Waals surface area contributed by atoms with Crippen LogP contribution in [0.4, 0.5) is 5.69 Å². The van der Waals surface area contributed by atoms with Crippen molar-refractivity contribution in [2.75, 3.05) is 19.5 Å². The summed E-state index contributed by atoms with van der Waals surface area (Å²) in [6.07, 6.45) is 3.41. The van der Waals surface area contributed by atoms with Crippen molar-refractivity contribution in [3.8, 4) is 11.5 Å². The van der Waals surface area contributed by atoms with Gasteiger partial charge in [-0.15, -0.1) is 0 Å². The summed E-state index contributed by atoms with van der Waals surface area (Å²) < 4.78 is 12.2. The van der Waals surface area contributed by atoms with Crippen LogP contribution in [-0.2, 0) is 6.54 Å². The zero-order chi connectivity index (χ0) is 17.6. The third kappa shape index (κ3) is 3.98. The molecule has 3 rings (SSSR count). The van der Waals surface area contributed by atoms with E-state index in [-0.39, 0.29) is 5.91 Å². The number of benzene rings is 2. The molecule has 1 amide bonds. The number of rotatable bonds is 6. The maximum Gasteiger partial charge on any atom is 0.259 e. The first-order valence-electron chi connectivity index (χ1n) is 7.79. The van der Waals surface area contributed by atoms with Crippen LogP contribution in [0.25, 0.3) is 0 Å². The van der Waals surface area contributed by atoms with Crippen molar-refractivity contribution < 1.29 is 14.3 Å². The molecule has 1 N–H and O–H groups in total. The lowest BCUT2D eigenvalue weighted by molar-refractivity contribution is 0.102. The number of aromatic nitrogens is 2. The number of nitrogens with one attached hydrogen (secondary N) is 1. The minimum Gasteiger partial charge on any atom is -0.497 e. The summed E-state index contributed by atoms with van der Waals surface area (Å²) >= 11 is 0. The van der Waals surface area contributed by atoms with E-state index in [1.54, 1.807) is 42.4 Å². The maximum atomic E-state index is 12.5. The molecule has 0 aliphatic heterocycles. The van der Waals surface area contributed by atoms with Crippen molar-refractivity contribution in [3.05, 3.63) is 72.1 Å². The molecule has 128 valence electrons. The number of ether oxygens (including phenoxy) is 2. The molecule has 0 aliphatic carbocycles. The molecule has 0 radical (unpaired) electrons. The molecule has 0 fully saturated rings. The Morgan fingerprint density at radius 2 is 1.92 bits per heavy atom. The monoisotopic (exact) mass is 337 g/mol. The minimum absolute atomic E-state index is 0.265. The van der Waals surface area contributed by atoms with Gasteiger partial charge in [0.2, 0.25) is 0 Å². The Morgan fingerprint density at radius 1 is 1.12 bits per heavy atom. The summed E-state index contributed by atoms with van der Waals surface area (Å²) in [5.41, 5.74) is 2.19. The van der Waals surface area contributed by atoms with Gasteiger partial charge in [0, 0.05) is 12.3 Å². The van der Waals surface area contributed by atoms with Crippen LogP contribution in [0.2, 0.25) is 0 Å². The molecule has 0 saturated heterocycles. The Morgan fingerprint density at radius 3 is 2.64 bits per heavy atom. The SMILES string of the molecule is COc1ccc(C(=O)Nc2cnn(Cc3ccccc3)c2)c(OC)c1. The smallest absolute Gasteiger partial charge is 0.259 e. The van der Waals surface area contributed by atoms with Crippen molar-refractivity contribution in [1.29, 1.82) is 0 Å². The van der Waals surface area contributed by atoms with E-state index in [1.807, 2.05) is 30.3 Å². The highest BCUT2D eigenvalue weighted by Crippen LogP contribution is 2.25. The zero-order valence-electron chi connectivity index (χ0n) is 14.1. The Hall–Kier alpha value is -3.28. The number of carbonyl (C=O) groups excluding carboxylic acids is 1. The molecule has 1 aromatic heterocycles. The van der Waals surface area contributed by atoms with E-state index >= 15 is 0 Å². The minimum atomic E-state index is -0.265. The van der Waals surface area contributed by atoms with E-state index in [1.165, 1.54) is 7.11 Å². The summed E-state index contributed by atoms with van der Waals surface area (Å²) in [7, 11) is 3.08. The molecule has 0 spiro atoms. The first-order chi connectivity index (χ1) is 12.2. The molecule has 0 aliphatic rings. The lowest BCUT2D eigenvalue weighted by Crippen LogP contribution is -2.13. The molecular weight excluding hydrogens is 318 g/mol. The van der Waals surface area contributed by atoms with Gasteiger partial charge in [-0.1, -0.05) is 30.3 Å². The number of amides is 1. The quantitative estimate of drug-likeness (QED) is 0.750. The highest BCUT2D eigenvalue weighted by Gasteiger charge is 2.14. The summed E-state index contributed by atoms with van der Waals surface area (Å²) in [5, 5.41) is 7.11. The van der Waals surface area contributed by atoms with Gasteiger partial charge in [-0.05, 0) is 17.7 Å². The van der Waals surface area contributed by atoms with Crippen molar-refractivity contribution in [2.45, 2.75) is 6.54 Å². The van der Waals surface area contributed by atoms with Crippen molar-refractivity contribution in [1.82, 2.24) is 9.78 Å². The highest BCUT2D eigenvalue weighted by atomic mass is 16.5. The molecule has 6 nitrogen and oxygen atoms in total. The summed E-state index contributed by atoms with van der Waals surface area (Å²) in [6, 6.07) is 15.1. The van der Waals surface area contributed by atoms with Crippen LogP contribution in [0.15, 0.2) is 60.9 Å². The predicted molar refractivity (Wildman–Crippen MR) is 95.3 cm³/mol. The average Bonchev–Trinajstić information content (AvgIpc) is 3.08. The van der Waals surface area contributed by atoms with Gasteiger partial charge in [0.05, 0.1) is 38.2 Å². The molecule has 6 heteroatoms. The lowest BCUT2D eigenvalue weighted by Gasteiger charge is -2.10. The van der Waals surface area contributed by atoms with Crippen LogP contribution in [0.1, 0.15) is 15.9 Å². The molecule has 0 bridgehead atoms. The average molecular weight is 337 g/mol. The number of carbonyl (C=O) groups is 1. The standard InChI is InChI=1S/C19H19N3O3/c1-24-16-8-9-17(18(10-16)25-2)19(23)21-15-11-20-22(13-15)12-14-6-4-3-5-7-14/h3-11,13H,12H2,1-2H3,(H,21,23). The largest absolute Gasteiger partial charge is 0.497 e. The number of anilines is 1. The second-order valence-corrected chi connectivity index (χ2v) is 5.43. The normalized spacial score (nSPS) is 10.3. The van der Waals surface area contributed by atoms with Crippen LogP contribution < -0.4 is 14.8 Å².